The lowest BCUT2D eigenvalue weighted by atomic mass is 10.1. The molecule has 0 radical (unpaired) electrons. The lowest BCUT2D eigenvalue weighted by Crippen LogP contribution is -2.35. The average Bonchev–Trinajstić information content (AvgIpc) is 3.37. The number of carbonyl (C=O) groups is 2. The van der Waals surface area contributed by atoms with Gasteiger partial charge in [-0.1, -0.05) is 30.2 Å². The number of nitrogens with zero attached hydrogens (tertiary/aromatic N) is 1. The molecule has 1 fully saturated rings. The predicted octanol–water partition coefficient (Wildman–Crippen LogP) is 5.39. The Morgan fingerprint density at radius 2 is 1.68 bits per heavy atom. The molecule has 3 aromatic rings. The number of nitrogens with one attached hydrogen (secondary N) is 2. The van der Waals surface area contributed by atoms with Crippen LogP contribution < -0.4 is 10.6 Å². The Morgan fingerprint density at radius 3 is 2.38 bits per heavy atom. The third-order valence-electron chi connectivity index (χ3n) is 5.63. The predicted molar refractivity (Wildman–Crippen MR) is 135 cm³/mol. The number of benzene rings is 2. The first-order valence-electron chi connectivity index (χ1n) is 10.8. The molecule has 1 saturated heterocycles. The van der Waals surface area contributed by atoms with Crippen LogP contribution >= 0.6 is 22.9 Å². The van der Waals surface area contributed by atoms with Crippen LogP contribution in [0.2, 0.25) is 5.02 Å². The van der Waals surface area contributed by atoms with E-state index in [4.69, 9.17) is 11.6 Å². The number of rotatable bonds is 6. The zero-order valence-electron chi connectivity index (χ0n) is 18.5. The Hall–Kier alpha value is -2.72. The van der Waals surface area contributed by atoms with Gasteiger partial charge in [0.15, 0.2) is 0 Å². The number of sulfonamides is 1. The molecule has 0 bridgehead atoms. The summed E-state index contributed by atoms with van der Waals surface area (Å²) in [7, 11) is -3.63. The van der Waals surface area contributed by atoms with E-state index in [1.165, 1.54) is 33.8 Å². The maximum absolute atomic E-state index is 13.0. The molecule has 7 nitrogen and oxygen atoms in total. The van der Waals surface area contributed by atoms with Crippen LogP contribution in [0, 0.1) is 6.92 Å². The minimum absolute atomic E-state index is 0.148. The molecule has 1 aromatic heterocycles. The van der Waals surface area contributed by atoms with Crippen LogP contribution in [0.25, 0.3) is 0 Å². The van der Waals surface area contributed by atoms with Gasteiger partial charge in [-0.2, -0.15) is 4.31 Å². The minimum Gasteiger partial charge on any atom is -0.322 e. The molecule has 4 rings (SSSR count). The molecule has 10 heteroatoms. The van der Waals surface area contributed by atoms with Crippen molar-refractivity contribution >= 4 is 56.2 Å². The number of thiophene rings is 1. The number of carbonyl (C=O) groups excluding carboxylic acids is 2. The summed E-state index contributed by atoms with van der Waals surface area (Å²) in [4.78, 5) is 26.0. The van der Waals surface area contributed by atoms with Crippen molar-refractivity contribution in [2.24, 2.45) is 0 Å². The van der Waals surface area contributed by atoms with E-state index in [1.54, 1.807) is 42.6 Å². The number of halogens is 1. The topological polar surface area (TPSA) is 95.6 Å². The van der Waals surface area contributed by atoms with Crippen molar-refractivity contribution in [2.45, 2.75) is 31.1 Å². The molecule has 2 N–H and O–H groups in total. The number of hydrogen-bond donors (Lipinski definition) is 2. The van der Waals surface area contributed by atoms with Gasteiger partial charge in [-0.15, -0.1) is 11.3 Å². The highest BCUT2D eigenvalue weighted by atomic mass is 35.5. The standard InChI is InChI=1S/C24H24ClN3O4S2/c1-16-7-9-18(34(31,32)28-11-3-2-4-12-28)15-20(16)26-23(29)17-8-10-19(25)21(14-17)27-24(30)22-6-5-13-33-22/h5-10,13-15H,2-4,11-12H2,1H3,(H,26,29)(H,27,30). The molecule has 0 unspecified atom stereocenters. The summed E-state index contributed by atoms with van der Waals surface area (Å²) < 4.78 is 27.6. The fraction of sp³-hybridized carbons (Fsp3) is 0.250. The third-order valence-corrected chi connectivity index (χ3v) is 8.72. The molecule has 34 heavy (non-hydrogen) atoms. The van der Waals surface area contributed by atoms with Crippen molar-refractivity contribution in [1.82, 2.24) is 4.31 Å². The second kappa shape index (κ2) is 10.3. The SMILES string of the molecule is Cc1ccc(S(=O)(=O)N2CCCCC2)cc1NC(=O)c1ccc(Cl)c(NC(=O)c2cccs2)c1. The molecule has 0 atom stereocenters. The van der Waals surface area contributed by atoms with Crippen molar-refractivity contribution in [3.05, 3.63) is 74.9 Å². The van der Waals surface area contributed by atoms with Gasteiger partial charge in [0, 0.05) is 24.3 Å². The van der Waals surface area contributed by atoms with Gasteiger partial charge in [0.1, 0.15) is 0 Å². The van der Waals surface area contributed by atoms with Gasteiger partial charge in [0.2, 0.25) is 10.0 Å². The van der Waals surface area contributed by atoms with Crippen LogP contribution in [0.1, 0.15) is 44.9 Å². The van der Waals surface area contributed by atoms with Crippen LogP contribution in [-0.2, 0) is 10.0 Å². The highest BCUT2D eigenvalue weighted by molar-refractivity contribution is 7.89. The molecule has 2 aromatic carbocycles. The summed E-state index contributed by atoms with van der Waals surface area (Å²) in [5.41, 5.74) is 1.72. The molecule has 1 aliphatic rings. The van der Waals surface area contributed by atoms with Gasteiger partial charge in [0.25, 0.3) is 11.8 Å². The molecular weight excluding hydrogens is 494 g/mol. The first-order valence-corrected chi connectivity index (χ1v) is 13.5. The van der Waals surface area contributed by atoms with Crippen molar-refractivity contribution in [3.8, 4) is 0 Å². The zero-order valence-corrected chi connectivity index (χ0v) is 20.9. The van der Waals surface area contributed by atoms with Crippen molar-refractivity contribution < 1.29 is 18.0 Å². The second-order valence-electron chi connectivity index (χ2n) is 8.02. The van der Waals surface area contributed by atoms with Crippen molar-refractivity contribution in [3.63, 3.8) is 0 Å². The number of anilines is 2. The molecule has 1 aliphatic heterocycles. The fourth-order valence-electron chi connectivity index (χ4n) is 3.70. The molecule has 2 amide bonds. The summed E-state index contributed by atoms with van der Waals surface area (Å²) in [5, 5.41) is 7.61. The van der Waals surface area contributed by atoms with E-state index < -0.39 is 15.9 Å². The first-order chi connectivity index (χ1) is 16.3. The molecule has 0 aliphatic carbocycles. The van der Waals surface area contributed by atoms with E-state index in [0.717, 1.165) is 24.8 Å². The molecule has 0 saturated carbocycles. The lowest BCUT2D eigenvalue weighted by molar-refractivity contribution is 0.101. The summed E-state index contributed by atoms with van der Waals surface area (Å²) in [6.45, 7) is 2.80. The monoisotopic (exact) mass is 517 g/mol. The van der Waals surface area contributed by atoms with Gasteiger partial charge in [-0.05, 0) is 67.1 Å². The van der Waals surface area contributed by atoms with E-state index in [9.17, 15) is 18.0 Å². The quantitative estimate of drug-likeness (QED) is 0.458. The van der Waals surface area contributed by atoms with Crippen molar-refractivity contribution in [1.29, 1.82) is 0 Å². The summed E-state index contributed by atoms with van der Waals surface area (Å²) in [6, 6.07) is 12.8. The normalized spacial score (nSPS) is 14.5. The summed E-state index contributed by atoms with van der Waals surface area (Å²) in [6.07, 6.45) is 2.71. The largest absolute Gasteiger partial charge is 0.322 e. The maximum atomic E-state index is 13.0. The Kier molecular flexibility index (Phi) is 7.37. The second-order valence-corrected chi connectivity index (χ2v) is 11.3. The van der Waals surface area contributed by atoms with E-state index in [2.05, 4.69) is 10.6 Å². The van der Waals surface area contributed by atoms with E-state index >= 15 is 0 Å². The fourth-order valence-corrected chi connectivity index (χ4v) is 6.03. The third kappa shape index (κ3) is 5.33. The lowest BCUT2D eigenvalue weighted by Gasteiger charge is -2.26. The number of piperidine rings is 1. The number of hydrogen-bond acceptors (Lipinski definition) is 5. The first kappa shape index (κ1) is 24.4. The highest BCUT2D eigenvalue weighted by Crippen LogP contribution is 2.27. The maximum Gasteiger partial charge on any atom is 0.265 e. The Balaban J connectivity index is 1.54. The van der Waals surface area contributed by atoms with Crippen LogP contribution in [0.15, 0.2) is 58.8 Å². The highest BCUT2D eigenvalue weighted by Gasteiger charge is 2.26. The number of amides is 2. The minimum atomic E-state index is -3.63. The Bertz CT molecular complexity index is 1320. The van der Waals surface area contributed by atoms with Gasteiger partial charge >= 0.3 is 0 Å². The van der Waals surface area contributed by atoms with Gasteiger partial charge in [-0.3, -0.25) is 9.59 Å². The van der Waals surface area contributed by atoms with E-state index in [-0.39, 0.29) is 16.4 Å². The molecule has 2 heterocycles. The molecular formula is C24H24ClN3O4S2. The molecule has 0 spiro atoms. The van der Waals surface area contributed by atoms with Gasteiger partial charge in [0.05, 0.1) is 20.5 Å². The van der Waals surface area contributed by atoms with Gasteiger partial charge < -0.3 is 10.6 Å². The average molecular weight is 518 g/mol. The smallest absolute Gasteiger partial charge is 0.265 e. The van der Waals surface area contributed by atoms with E-state index in [1.807, 2.05) is 0 Å². The van der Waals surface area contributed by atoms with E-state index in [0.29, 0.717) is 34.4 Å². The summed E-state index contributed by atoms with van der Waals surface area (Å²) in [5.74, 6) is -0.764. The van der Waals surface area contributed by atoms with Crippen LogP contribution in [-0.4, -0.2) is 37.6 Å². The Labute approximate surface area is 207 Å². The van der Waals surface area contributed by atoms with Gasteiger partial charge in [-0.25, -0.2) is 8.42 Å². The Morgan fingerprint density at radius 1 is 0.941 bits per heavy atom. The summed E-state index contributed by atoms with van der Waals surface area (Å²) >= 11 is 7.52. The van der Waals surface area contributed by atoms with Crippen molar-refractivity contribution in [2.75, 3.05) is 23.7 Å². The van der Waals surface area contributed by atoms with Crippen LogP contribution in [0.4, 0.5) is 11.4 Å². The molecule has 178 valence electrons. The van der Waals surface area contributed by atoms with Crippen LogP contribution in [0.5, 0.6) is 0 Å². The number of aryl methyl sites for hydroxylation is 1. The van der Waals surface area contributed by atoms with Crippen LogP contribution in [0.3, 0.4) is 0 Å². The zero-order chi connectivity index (χ0) is 24.3.